The SMILES string of the molecule is CCOCCOc1cc(C)ccc1CNC(=O)NCCC(=O)O. The van der Waals surface area contributed by atoms with E-state index in [2.05, 4.69) is 10.6 Å². The van der Waals surface area contributed by atoms with Crippen LogP contribution in [0.4, 0.5) is 4.79 Å². The molecule has 0 unspecified atom stereocenters. The fourth-order valence-electron chi connectivity index (χ4n) is 1.82. The Morgan fingerprint density at radius 3 is 2.70 bits per heavy atom. The summed E-state index contributed by atoms with van der Waals surface area (Å²) in [6.45, 7) is 5.86. The highest BCUT2D eigenvalue weighted by Crippen LogP contribution is 2.20. The Bertz CT molecular complexity index is 519. The van der Waals surface area contributed by atoms with Gasteiger partial charge in [0, 0.05) is 25.3 Å². The van der Waals surface area contributed by atoms with E-state index in [1.165, 1.54) is 0 Å². The van der Waals surface area contributed by atoms with Gasteiger partial charge in [-0.2, -0.15) is 0 Å². The largest absolute Gasteiger partial charge is 0.491 e. The molecule has 0 atom stereocenters. The van der Waals surface area contributed by atoms with Crippen LogP contribution in [0.5, 0.6) is 5.75 Å². The maximum Gasteiger partial charge on any atom is 0.315 e. The van der Waals surface area contributed by atoms with Crippen molar-refractivity contribution < 1.29 is 24.2 Å². The minimum atomic E-state index is -0.950. The maximum absolute atomic E-state index is 11.6. The highest BCUT2D eigenvalue weighted by Gasteiger charge is 2.07. The molecular formula is C16H24N2O5. The Morgan fingerprint density at radius 2 is 2.00 bits per heavy atom. The van der Waals surface area contributed by atoms with Crippen LogP contribution >= 0.6 is 0 Å². The van der Waals surface area contributed by atoms with Crippen molar-refractivity contribution in [3.05, 3.63) is 29.3 Å². The van der Waals surface area contributed by atoms with Crippen LogP contribution in [0.25, 0.3) is 0 Å². The molecule has 0 aliphatic rings. The van der Waals surface area contributed by atoms with E-state index in [1.54, 1.807) is 0 Å². The van der Waals surface area contributed by atoms with Gasteiger partial charge < -0.3 is 25.2 Å². The molecule has 1 rings (SSSR count). The molecule has 3 N–H and O–H groups in total. The summed E-state index contributed by atoms with van der Waals surface area (Å²) in [5.41, 5.74) is 1.91. The zero-order valence-corrected chi connectivity index (χ0v) is 13.6. The van der Waals surface area contributed by atoms with E-state index in [0.717, 1.165) is 11.1 Å². The number of benzene rings is 1. The van der Waals surface area contributed by atoms with E-state index in [-0.39, 0.29) is 13.0 Å². The molecule has 128 valence electrons. The average Bonchev–Trinajstić information content (AvgIpc) is 2.50. The fraction of sp³-hybridized carbons (Fsp3) is 0.500. The van der Waals surface area contributed by atoms with Gasteiger partial charge in [0.05, 0.1) is 13.0 Å². The van der Waals surface area contributed by atoms with Crippen LogP contribution < -0.4 is 15.4 Å². The zero-order valence-electron chi connectivity index (χ0n) is 13.6. The Morgan fingerprint density at radius 1 is 1.22 bits per heavy atom. The minimum Gasteiger partial charge on any atom is -0.491 e. The predicted octanol–water partition coefficient (Wildman–Crippen LogP) is 1.68. The lowest BCUT2D eigenvalue weighted by Gasteiger charge is -2.13. The first-order valence-corrected chi connectivity index (χ1v) is 7.56. The van der Waals surface area contributed by atoms with Gasteiger partial charge in [0.15, 0.2) is 0 Å². The number of carbonyl (C=O) groups is 2. The lowest BCUT2D eigenvalue weighted by atomic mass is 10.1. The number of carboxylic acids is 1. The van der Waals surface area contributed by atoms with Crippen LogP contribution in [0.15, 0.2) is 18.2 Å². The first kappa shape index (κ1) is 18.8. The van der Waals surface area contributed by atoms with E-state index in [1.807, 2.05) is 32.0 Å². The molecule has 7 heteroatoms. The second-order valence-corrected chi connectivity index (χ2v) is 4.91. The zero-order chi connectivity index (χ0) is 17.1. The van der Waals surface area contributed by atoms with E-state index in [4.69, 9.17) is 14.6 Å². The Balaban J connectivity index is 2.48. The van der Waals surface area contributed by atoms with Gasteiger partial charge >= 0.3 is 12.0 Å². The van der Waals surface area contributed by atoms with E-state index in [0.29, 0.717) is 32.1 Å². The molecule has 0 bridgehead atoms. The number of aryl methyl sites for hydroxylation is 1. The molecule has 0 aliphatic carbocycles. The highest BCUT2D eigenvalue weighted by atomic mass is 16.5. The monoisotopic (exact) mass is 324 g/mol. The summed E-state index contributed by atoms with van der Waals surface area (Å²) in [6.07, 6.45) is -0.107. The van der Waals surface area contributed by atoms with Crippen molar-refractivity contribution in [1.82, 2.24) is 10.6 Å². The van der Waals surface area contributed by atoms with Crippen molar-refractivity contribution in [2.45, 2.75) is 26.8 Å². The molecule has 1 aromatic rings. The second kappa shape index (κ2) is 10.4. The summed E-state index contributed by atoms with van der Waals surface area (Å²) in [7, 11) is 0. The van der Waals surface area contributed by atoms with Gasteiger partial charge in [0.2, 0.25) is 0 Å². The first-order chi connectivity index (χ1) is 11.0. The molecule has 7 nitrogen and oxygen atoms in total. The van der Waals surface area contributed by atoms with Crippen LogP contribution in [0.2, 0.25) is 0 Å². The van der Waals surface area contributed by atoms with E-state index < -0.39 is 12.0 Å². The van der Waals surface area contributed by atoms with Crippen molar-refractivity contribution in [1.29, 1.82) is 0 Å². The number of nitrogens with one attached hydrogen (secondary N) is 2. The van der Waals surface area contributed by atoms with Crippen molar-refractivity contribution in [3.8, 4) is 5.75 Å². The Hall–Kier alpha value is -2.28. The molecule has 0 spiro atoms. The Kier molecular flexibility index (Phi) is 8.52. The summed E-state index contributed by atoms with van der Waals surface area (Å²) in [4.78, 5) is 22.0. The number of urea groups is 1. The summed E-state index contributed by atoms with van der Waals surface area (Å²) < 4.78 is 10.9. The van der Waals surface area contributed by atoms with Crippen LogP contribution in [0, 0.1) is 6.92 Å². The molecule has 23 heavy (non-hydrogen) atoms. The third kappa shape index (κ3) is 8.06. The molecule has 0 heterocycles. The summed E-state index contributed by atoms with van der Waals surface area (Å²) >= 11 is 0. The Labute approximate surface area is 136 Å². The van der Waals surface area contributed by atoms with E-state index >= 15 is 0 Å². The number of aliphatic carboxylic acids is 1. The van der Waals surface area contributed by atoms with Gasteiger partial charge in [-0.25, -0.2) is 4.79 Å². The van der Waals surface area contributed by atoms with Gasteiger partial charge in [-0.1, -0.05) is 12.1 Å². The van der Waals surface area contributed by atoms with Crippen LogP contribution in [-0.2, 0) is 16.1 Å². The molecular weight excluding hydrogens is 300 g/mol. The molecule has 0 saturated heterocycles. The lowest BCUT2D eigenvalue weighted by molar-refractivity contribution is -0.136. The van der Waals surface area contributed by atoms with Crippen molar-refractivity contribution in [2.75, 3.05) is 26.4 Å². The third-order valence-corrected chi connectivity index (χ3v) is 2.98. The molecule has 0 saturated carbocycles. The fourth-order valence-corrected chi connectivity index (χ4v) is 1.82. The van der Waals surface area contributed by atoms with Crippen LogP contribution in [0.1, 0.15) is 24.5 Å². The quantitative estimate of drug-likeness (QED) is 0.569. The summed E-state index contributed by atoms with van der Waals surface area (Å²) in [5, 5.41) is 13.7. The number of carbonyl (C=O) groups excluding carboxylic acids is 1. The third-order valence-electron chi connectivity index (χ3n) is 2.98. The molecule has 1 aromatic carbocycles. The van der Waals surface area contributed by atoms with Gasteiger partial charge in [0.25, 0.3) is 0 Å². The summed E-state index contributed by atoms with van der Waals surface area (Å²) in [5.74, 6) is -0.246. The molecule has 0 fully saturated rings. The number of amides is 2. The van der Waals surface area contributed by atoms with Gasteiger partial charge in [-0.05, 0) is 25.5 Å². The molecule has 0 aromatic heterocycles. The van der Waals surface area contributed by atoms with Crippen LogP contribution in [-0.4, -0.2) is 43.5 Å². The molecule has 0 radical (unpaired) electrons. The number of rotatable bonds is 10. The molecule has 2 amide bonds. The number of carboxylic acid groups (broad SMARTS) is 1. The number of ether oxygens (including phenoxy) is 2. The first-order valence-electron chi connectivity index (χ1n) is 7.56. The second-order valence-electron chi connectivity index (χ2n) is 4.91. The van der Waals surface area contributed by atoms with Gasteiger partial charge in [-0.15, -0.1) is 0 Å². The van der Waals surface area contributed by atoms with Crippen molar-refractivity contribution in [3.63, 3.8) is 0 Å². The molecule has 0 aliphatic heterocycles. The number of hydrogen-bond acceptors (Lipinski definition) is 4. The minimum absolute atomic E-state index is 0.0901. The highest BCUT2D eigenvalue weighted by molar-refractivity contribution is 5.75. The van der Waals surface area contributed by atoms with Gasteiger partial charge in [-0.3, -0.25) is 4.79 Å². The topological polar surface area (TPSA) is 96.9 Å². The lowest BCUT2D eigenvalue weighted by Crippen LogP contribution is -2.36. The normalized spacial score (nSPS) is 10.2. The van der Waals surface area contributed by atoms with Crippen molar-refractivity contribution >= 4 is 12.0 Å². The average molecular weight is 324 g/mol. The van der Waals surface area contributed by atoms with Crippen molar-refractivity contribution in [2.24, 2.45) is 0 Å². The smallest absolute Gasteiger partial charge is 0.315 e. The van der Waals surface area contributed by atoms with E-state index in [9.17, 15) is 9.59 Å². The predicted molar refractivity (Wildman–Crippen MR) is 85.7 cm³/mol. The van der Waals surface area contributed by atoms with Crippen LogP contribution in [0.3, 0.4) is 0 Å². The maximum atomic E-state index is 11.6. The number of hydrogen-bond donors (Lipinski definition) is 3. The van der Waals surface area contributed by atoms with Gasteiger partial charge in [0.1, 0.15) is 12.4 Å². The standard InChI is InChI=1S/C16H24N2O5/c1-3-22-8-9-23-14-10-12(2)4-5-13(14)11-18-16(21)17-7-6-15(19)20/h4-5,10H,3,6-9,11H2,1-2H3,(H,19,20)(H2,17,18,21). The summed E-state index contributed by atoms with van der Waals surface area (Å²) in [6, 6.07) is 5.33.